The van der Waals surface area contributed by atoms with Crippen molar-refractivity contribution in [2.24, 2.45) is 0 Å². The summed E-state index contributed by atoms with van der Waals surface area (Å²) >= 11 is 5.91. The lowest BCUT2D eigenvalue weighted by atomic mass is 10.2. The van der Waals surface area contributed by atoms with Crippen LogP contribution in [-0.4, -0.2) is 43.3 Å². The molecule has 6 nitrogen and oxygen atoms in total. The number of carbonyl (C=O) groups is 2. The van der Waals surface area contributed by atoms with Crippen LogP contribution in [0.2, 0.25) is 5.02 Å². The number of ether oxygens (including phenoxy) is 2. The number of rotatable bonds is 7. The van der Waals surface area contributed by atoms with E-state index in [1.54, 1.807) is 12.1 Å². The highest BCUT2D eigenvalue weighted by molar-refractivity contribution is 6.32. The Morgan fingerprint density at radius 1 is 1.45 bits per heavy atom. The van der Waals surface area contributed by atoms with Gasteiger partial charge in [0.25, 0.3) is 5.91 Å². The van der Waals surface area contributed by atoms with E-state index in [0.29, 0.717) is 10.8 Å². The first-order chi connectivity index (χ1) is 9.43. The maximum Gasteiger partial charge on any atom is 0.328 e. The van der Waals surface area contributed by atoms with Gasteiger partial charge in [-0.05, 0) is 24.6 Å². The summed E-state index contributed by atoms with van der Waals surface area (Å²) in [6, 6.07) is 4.06. The molecule has 1 aromatic carbocycles. The molecule has 1 aromatic rings. The van der Waals surface area contributed by atoms with Crippen LogP contribution in [0.5, 0.6) is 5.75 Å². The van der Waals surface area contributed by atoms with Gasteiger partial charge >= 0.3 is 5.97 Å². The molecule has 110 valence electrons. The molecule has 0 radical (unpaired) electrons. The Bertz CT molecular complexity index is 492. The van der Waals surface area contributed by atoms with Crippen molar-refractivity contribution in [1.82, 2.24) is 5.32 Å². The van der Waals surface area contributed by atoms with Crippen LogP contribution in [0.3, 0.4) is 0 Å². The molecular formula is C13H16ClNO5. The minimum Gasteiger partial charge on any atom is -0.482 e. The first-order valence-electron chi connectivity index (χ1n) is 5.84. The number of aryl methyl sites for hydroxylation is 1. The number of methoxy groups -OCH3 is 1. The molecular weight excluding hydrogens is 286 g/mol. The van der Waals surface area contributed by atoms with E-state index < -0.39 is 17.9 Å². The summed E-state index contributed by atoms with van der Waals surface area (Å²) in [7, 11) is 1.35. The van der Waals surface area contributed by atoms with Crippen LogP contribution in [-0.2, 0) is 14.3 Å². The van der Waals surface area contributed by atoms with Crippen molar-refractivity contribution in [3.63, 3.8) is 0 Å². The summed E-state index contributed by atoms with van der Waals surface area (Å²) < 4.78 is 9.97. The number of carbonyl (C=O) groups excluding carboxylic acids is 1. The van der Waals surface area contributed by atoms with Crippen molar-refractivity contribution in [2.45, 2.75) is 13.0 Å². The number of carboxylic acid groups (broad SMARTS) is 1. The first-order valence-corrected chi connectivity index (χ1v) is 6.22. The maximum atomic E-state index is 11.6. The van der Waals surface area contributed by atoms with Gasteiger partial charge in [-0.25, -0.2) is 4.79 Å². The van der Waals surface area contributed by atoms with Crippen LogP contribution in [0.25, 0.3) is 0 Å². The molecule has 1 unspecified atom stereocenters. The van der Waals surface area contributed by atoms with Gasteiger partial charge < -0.3 is 19.9 Å². The highest BCUT2D eigenvalue weighted by atomic mass is 35.5. The van der Waals surface area contributed by atoms with E-state index in [4.69, 9.17) is 26.2 Å². The standard InChI is InChI=1S/C13H16ClNO5/c1-8-3-4-9(14)11(5-8)20-7-12(16)15-10(6-19-2)13(17)18/h3-5,10H,6-7H2,1-2H3,(H,15,16)(H,17,18). The van der Waals surface area contributed by atoms with Gasteiger partial charge in [0.05, 0.1) is 11.6 Å². The minimum atomic E-state index is -1.17. The second kappa shape index (κ2) is 7.72. The summed E-state index contributed by atoms with van der Waals surface area (Å²) in [6.07, 6.45) is 0. The third-order valence-electron chi connectivity index (χ3n) is 2.41. The zero-order valence-corrected chi connectivity index (χ0v) is 11.9. The second-order valence-corrected chi connectivity index (χ2v) is 4.54. The average Bonchev–Trinajstić information content (AvgIpc) is 2.39. The van der Waals surface area contributed by atoms with Crippen molar-refractivity contribution in [3.05, 3.63) is 28.8 Å². The van der Waals surface area contributed by atoms with Gasteiger partial charge in [0, 0.05) is 7.11 Å². The van der Waals surface area contributed by atoms with Gasteiger partial charge in [-0.1, -0.05) is 17.7 Å². The summed E-state index contributed by atoms with van der Waals surface area (Å²) in [5, 5.41) is 11.5. The molecule has 0 fully saturated rings. The fourth-order valence-corrected chi connectivity index (χ4v) is 1.61. The van der Waals surface area contributed by atoms with Crippen LogP contribution in [0, 0.1) is 6.92 Å². The van der Waals surface area contributed by atoms with Crippen molar-refractivity contribution < 1.29 is 24.2 Å². The van der Waals surface area contributed by atoms with Crippen molar-refractivity contribution in [1.29, 1.82) is 0 Å². The normalized spacial score (nSPS) is 11.8. The monoisotopic (exact) mass is 301 g/mol. The van der Waals surface area contributed by atoms with Crippen LogP contribution in [0.15, 0.2) is 18.2 Å². The fraction of sp³-hybridized carbons (Fsp3) is 0.385. The van der Waals surface area contributed by atoms with E-state index in [-0.39, 0.29) is 13.2 Å². The summed E-state index contributed by atoms with van der Waals surface area (Å²) in [4.78, 5) is 22.4. The Kier molecular flexibility index (Phi) is 6.27. The molecule has 0 saturated heterocycles. The topological polar surface area (TPSA) is 84.9 Å². The van der Waals surface area contributed by atoms with Crippen LogP contribution in [0.1, 0.15) is 5.56 Å². The van der Waals surface area contributed by atoms with Gasteiger partial charge in [0.2, 0.25) is 0 Å². The van der Waals surface area contributed by atoms with Crippen molar-refractivity contribution in [3.8, 4) is 5.75 Å². The number of benzene rings is 1. The number of aliphatic carboxylic acids is 1. The Morgan fingerprint density at radius 2 is 2.15 bits per heavy atom. The first kappa shape index (κ1) is 16.3. The molecule has 0 aliphatic carbocycles. The predicted molar refractivity (Wildman–Crippen MR) is 73.1 cm³/mol. The fourth-order valence-electron chi connectivity index (χ4n) is 1.44. The highest BCUT2D eigenvalue weighted by Crippen LogP contribution is 2.24. The molecule has 0 saturated carbocycles. The Balaban J connectivity index is 2.54. The Labute approximate surface area is 121 Å². The maximum absolute atomic E-state index is 11.6. The van der Waals surface area contributed by atoms with Gasteiger partial charge in [-0.3, -0.25) is 4.79 Å². The number of nitrogens with one attached hydrogen (secondary N) is 1. The molecule has 7 heteroatoms. The van der Waals surface area contributed by atoms with Gasteiger partial charge in [0.1, 0.15) is 5.75 Å². The molecule has 2 N–H and O–H groups in total. The largest absolute Gasteiger partial charge is 0.482 e. The third kappa shape index (κ3) is 5.07. The van der Waals surface area contributed by atoms with E-state index in [2.05, 4.69) is 5.32 Å². The minimum absolute atomic E-state index is 0.119. The Morgan fingerprint density at radius 3 is 2.75 bits per heavy atom. The lowest BCUT2D eigenvalue weighted by molar-refractivity contribution is -0.143. The number of amides is 1. The lowest BCUT2D eigenvalue weighted by Crippen LogP contribution is -2.45. The quantitative estimate of drug-likeness (QED) is 0.791. The zero-order valence-electron chi connectivity index (χ0n) is 11.2. The average molecular weight is 302 g/mol. The van der Waals surface area contributed by atoms with Crippen LogP contribution >= 0.6 is 11.6 Å². The highest BCUT2D eigenvalue weighted by Gasteiger charge is 2.19. The molecule has 1 amide bonds. The van der Waals surface area contributed by atoms with Crippen molar-refractivity contribution >= 4 is 23.5 Å². The molecule has 20 heavy (non-hydrogen) atoms. The molecule has 0 aliphatic heterocycles. The molecule has 0 aromatic heterocycles. The van der Waals surface area contributed by atoms with Gasteiger partial charge in [0.15, 0.2) is 12.6 Å². The zero-order chi connectivity index (χ0) is 15.1. The predicted octanol–water partition coefficient (Wildman–Crippen LogP) is 1.24. The molecule has 0 spiro atoms. The smallest absolute Gasteiger partial charge is 0.328 e. The second-order valence-electron chi connectivity index (χ2n) is 4.14. The van der Waals surface area contributed by atoms with Crippen LogP contribution in [0.4, 0.5) is 0 Å². The molecule has 0 aliphatic rings. The third-order valence-corrected chi connectivity index (χ3v) is 2.72. The summed E-state index contributed by atoms with van der Waals surface area (Å²) in [6.45, 7) is 1.42. The lowest BCUT2D eigenvalue weighted by Gasteiger charge is -2.14. The van der Waals surface area contributed by atoms with E-state index in [9.17, 15) is 9.59 Å². The number of hydrogen-bond acceptors (Lipinski definition) is 4. The Hall–Kier alpha value is -1.79. The number of halogens is 1. The van der Waals surface area contributed by atoms with E-state index in [0.717, 1.165) is 5.56 Å². The SMILES string of the molecule is COCC(NC(=O)COc1cc(C)ccc1Cl)C(=O)O. The molecule has 0 heterocycles. The summed E-state index contributed by atoms with van der Waals surface area (Å²) in [5.41, 5.74) is 0.938. The molecule has 1 rings (SSSR count). The molecule has 1 atom stereocenters. The van der Waals surface area contributed by atoms with Gasteiger partial charge in [-0.15, -0.1) is 0 Å². The number of hydrogen-bond donors (Lipinski definition) is 2. The van der Waals surface area contributed by atoms with E-state index in [1.165, 1.54) is 7.11 Å². The summed E-state index contributed by atoms with van der Waals surface area (Å²) in [5.74, 6) is -1.36. The number of carboxylic acids is 1. The van der Waals surface area contributed by atoms with E-state index >= 15 is 0 Å². The van der Waals surface area contributed by atoms with Crippen molar-refractivity contribution in [2.75, 3.05) is 20.3 Å². The van der Waals surface area contributed by atoms with Crippen LogP contribution < -0.4 is 10.1 Å². The van der Waals surface area contributed by atoms with E-state index in [1.807, 2.05) is 13.0 Å². The molecule has 0 bridgehead atoms. The van der Waals surface area contributed by atoms with Gasteiger partial charge in [-0.2, -0.15) is 0 Å².